The fraction of sp³-hybridized carbons (Fsp3) is 0.263. The van der Waals surface area contributed by atoms with Crippen molar-refractivity contribution in [1.29, 1.82) is 0 Å². The molecule has 0 aliphatic carbocycles. The van der Waals surface area contributed by atoms with Gasteiger partial charge in [0.25, 0.3) is 0 Å². The Kier molecular flexibility index (Phi) is 7.08. The molecule has 0 fully saturated rings. The number of hydrogen-bond acceptors (Lipinski definition) is 7. The highest BCUT2D eigenvalue weighted by Crippen LogP contribution is 2.19. The molecule has 1 aromatic heterocycles. The van der Waals surface area contributed by atoms with Crippen molar-refractivity contribution in [3.05, 3.63) is 64.9 Å². The maximum absolute atomic E-state index is 12.6. The molecule has 0 bridgehead atoms. The van der Waals surface area contributed by atoms with Gasteiger partial charge in [-0.2, -0.15) is 0 Å². The Balaban J connectivity index is 1.79. The third kappa shape index (κ3) is 6.93. The summed E-state index contributed by atoms with van der Waals surface area (Å²) in [7, 11) is -1.78. The summed E-state index contributed by atoms with van der Waals surface area (Å²) in [5.74, 6) is 0.475. The third-order valence-electron chi connectivity index (χ3n) is 4.14. The van der Waals surface area contributed by atoms with Crippen LogP contribution in [0.2, 0.25) is 5.02 Å². The molecule has 0 radical (unpaired) electrons. The van der Waals surface area contributed by atoms with Gasteiger partial charge in [-0.1, -0.05) is 23.7 Å². The van der Waals surface area contributed by atoms with Crippen LogP contribution in [0, 0.1) is 0 Å². The highest BCUT2D eigenvalue weighted by atomic mass is 35.5. The van der Waals surface area contributed by atoms with Gasteiger partial charge in [-0.3, -0.25) is 0 Å². The summed E-state index contributed by atoms with van der Waals surface area (Å²) in [5.41, 5.74) is 1.44. The Morgan fingerprint density at radius 1 is 1.16 bits per heavy atom. The fourth-order valence-electron chi connectivity index (χ4n) is 2.72. The molecule has 2 aromatic carbocycles. The molecule has 0 aliphatic heterocycles. The van der Waals surface area contributed by atoms with Crippen LogP contribution >= 0.6 is 11.6 Å². The largest absolute Gasteiger partial charge is 0.497 e. The first-order chi connectivity index (χ1) is 14.7. The number of sulfone groups is 1. The topological polar surface area (TPSA) is 128 Å². The van der Waals surface area contributed by atoms with Crippen molar-refractivity contribution in [1.82, 2.24) is 25.5 Å². The molecule has 0 saturated carbocycles. The first-order valence-electron chi connectivity index (χ1n) is 9.13. The standard InChI is InChI=1S/C19H21ClN6O4S/c1-30-16-9-3-13(4-10-16)11-17(18-23-25-26(24-18)12-31(2,28)29)22-19(27)21-15-7-5-14(20)6-8-15/h3-10,17H,11-12H2,1-2H3,(H2,21,22,27)/t17-/m0/s1. The lowest BCUT2D eigenvalue weighted by atomic mass is 10.1. The first kappa shape index (κ1) is 22.5. The number of carbonyl (C=O) groups is 1. The highest BCUT2D eigenvalue weighted by Gasteiger charge is 2.21. The summed E-state index contributed by atoms with van der Waals surface area (Å²) in [5, 5.41) is 17.9. The number of benzene rings is 2. The van der Waals surface area contributed by atoms with Crippen molar-refractivity contribution in [3.63, 3.8) is 0 Å². The summed E-state index contributed by atoms with van der Waals surface area (Å²) in [4.78, 5) is 13.5. The van der Waals surface area contributed by atoms with E-state index in [0.29, 0.717) is 22.9 Å². The zero-order valence-corrected chi connectivity index (χ0v) is 18.4. The number of amides is 2. The second-order valence-corrected chi connectivity index (χ2v) is 9.33. The third-order valence-corrected chi connectivity index (χ3v) is 5.09. The van der Waals surface area contributed by atoms with E-state index in [-0.39, 0.29) is 5.82 Å². The normalized spacial score (nSPS) is 12.2. The molecule has 0 saturated heterocycles. The molecular formula is C19H21ClN6O4S. The number of urea groups is 1. The Morgan fingerprint density at radius 3 is 2.45 bits per heavy atom. The van der Waals surface area contributed by atoms with Gasteiger partial charge in [0.1, 0.15) is 5.75 Å². The van der Waals surface area contributed by atoms with Gasteiger partial charge in [-0.25, -0.2) is 13.2 Å². The molecule has 12 heteroatoms. The van der Waals surface area contributed by atoms with E-state index in [0.717, 1.165) is 16.6 Å². The maximum atomic E-state index is 12.6. The van der Waals surface area contributed by atoms with Crippen molar-refractivity contribution in [2.75, 3.05) is 18.7 Å². The summed E-state index contributed by atoms with van der Waals surface area (Å²) < 4.78 is 28.2. The number of aromatic nitrogens is 4. The average Bonchev–Trinajstić information content (AvgIpc) is 3.16. The first-order valence-corrected chi connectivity index (χ1v) is 11.6. The SMILES string of the molecule is COc1ccc(C[C@H](NC(=O)Nc2ccc(Cl)cc2)c2nnn(CS(C)(=O)=O)n2)cc1. The van der Waals surface area contributed by atoms with Gasteiger partial charge in [0.15, 0.2) is 21.5 Å². The molecule has 0 aliphatic rings. The number of hydrogen-bond donors (Lipinski definition) is 2. The lowest BCUT2D eigenvalue weighted by Crippen LogP contribution is -2.34. The van der Waals surface area contributed by atoms with Crippen LogP contribution in [0.5, 0.6) is 5.75 Å². The number of anilines is 1. The van der Waals surface area contributed by atoms with Gasteiger partial charge in [0.2, 0.25) is 0 Å². The smallest absolute Gasteiger partial charge is 0.319 e. The van der Waals surface area contributed by atoms with E-state index in [4.69, 9.17) is 16.3 Å². The quantitative estimate of drug-likeness (QED) is 0.523. The Hall–Kier alpha value is -3.18. The molecule has 2 amide bonds. The van der Waals surface area contributed by atoms with Gasteiger partial charge >= 0.3 is 6.03 Å². The van der Waals surface area contributed by atoms with E-state index in [1.807, 2.05) is 12.1 Å². The van der Waals surface area contributed by atoms with Crippen LogP contribution in [-0.2, 0) is 22.1 Å². The highest BCUT2D eigenvalue weighted by molar-refractivity contribution is 7.89. The lowest BCUT2D eigenvalue weighted by Gasteiger charge is -2.16. The molecular weight excluding hydrogens is 444 g/mol. The minimum Gasteiger partial charge on any atom is -0.497 e. The fourth-order valence-corrected chi connectivity index (χ4v) is 3.38. The minimum absolute atomic E-state index is 0.186. The zero-order chi connectivity index (χ0) is 22.4. The second-order valence-electron chi connectivity index (χ2n) is 6.78. The van der Waals surface area contributed by atoms with Crippen molar-refractivity contribution in [2.24, 2.45) is 0 Å². The minimum atomic E-state index is -3.35. The number of methoxy groups -OCH3 is 1. The molecule has 10 nitrogen and oxygen atoms in total. The maximum Gasteiger partial charge on any atom is 0.319 e. The summed E-state index contributed by atoms with van der Waals surface area (Å²) >= 11 is 5.87. The van der Waals surface area contributed by atoms with E-state index < -0.39 is 27.8 Å². The number of nitrogens with zero attached hydrogens (tertiary/aromatic N) is 4. The van der Waals surface area contributed by atoms with Crippen LogP contribution in [0.4, 0.5) is 10.5 Å². The van der Waals surface area contributed by atoms with Crippen LogP contribution in [0.15, 0.2) is 48.5 Å². The summed E-state index contributed by atoms with van der Waals surface area (Å²) in [6.45, 7) is 0. The molecule has 1 heterocycles. The Bertz CT molecular complexity index is 1130. The van der Waals surface area contributed by atoms with Crippen molar-refractivity contribution < 1.29 is 17.9 Å². The van der Waals surface area contributed by atoms with E-state index in [9.17, 15) is 13.2 Å². The molecule has 2 N–H and O–H groups in total. The van der Waals surface area contributed by atoms with E-state index in [2.05, 4.69) is 26.0 Å². The van der Waals surface area contributed by atoms with Gasteiger partial charge in [-0.05, 0) is 47.2 Å². The number of carbonyl (C=O) groups excluding carboxylic acids is 1. The zero-order valence-electron chi connectivity index (χ0n) is 16.8. The number of ether oxygens (including phenoxy) is 1. The Labute approximate surface area is 184 Å². The van der Waals surface area contributed by atoms with Crippen LogP contribution in [-0.4, -0.2) is 48.0 Å². The number of rotatable bonds is 8. The van der Waals surface area contributed by atoms with Crippen LogP contribution in [0.3, 0.4) is 0 Å². The van der Waals surface area contributed by atoms with Crippen LogP contribution in [0.25, 0.3) is 0 Å². The van der Waals surface area contributed by atoms with Gasteiger partial charge < -0.3 is 15.4 Å². The van der Waals surface area contributed by atoms with Gasteiger partial charge in [-0.15, -0.1) is 15.0 Å². The summed E-state index contributed by atoms with van der Waals surface area (Å²) in [6, 6.07) is 12.8. The van der Waals surface area contributed by atoms with E-state index in [1.165, 1.54) is 0 Å². The molecule has 31 heavy (non-hydrogen) atoms. The number of halogens is 1. The average molecular weight is 465 g/mol. The monoisotopic (exact) mass is 464 g/mol. The van der Waals surface area contributed by atoms with Crippen LogP contribution in [0.1, 0.15) is 17.4 Å². The predicted molar refractivity (Wildman–Crippen MR) is 116 cm³/mol. The van der Waals surface area contributed by atoms with Crippen molar-refractivity contribution in [3.8, 4) is 5.75 Å². The molecule has 0 spiro atoms. The van der Waals surface area contributed by atoms with E-state index in [1.54, 1.807) is 43.5 Å². The summed E-state index contributed by atoms with van der Waals surface area (Å²) in [6.07, 6.45) is 1.42. The van der Waals surface area contributed by atoms with Gasteiger partial charge in [0.05, 0.1) is 13.2 Å². The molecule has 0 unspecified atom stereocenters. The molecule has 1 atom stereocenters. The predicted octanol–water partition coefficient (Wildman–Crippen LogP) is 2.44. The molecule has 3 aromatic rings. The van der Waals surface area contributed by atoms with Crippen molar-refractivity contribution >= 4 is 33.2 Å². The molecule has 164 valence electrons. The second kappa shape index (κ2) is 9.75. The van der Waals surface area contributed by atoms with Crippen LogP contribution < -0.4 is 15.4 Å². The van der Waals surface area contributed by atoms with E-state index >= 15 is 0 Å². The van der Waals surface area contributed by atoms with Gasteiger partial charge in [0, 0.05) is 23.4 Å². The number of nitrogens with one attached hydrogen (secondary N) is 2. The van der Waals surface area contributed by atoms with Crippen molar-refractivity contribution in [2.45, 2.75) is 18.3 Å². The molecule has 3 rings (SSSR count). The number of tetrazole rings is 1. The Morgan fingerprint density at radius 2 is 1.84 bits per heavy atom. The lowest BCUT2D eigenvalue weighted by molar-refractivity contribution is 0.248.